The highest BCUT2D eigenvalue weighted by molar-refractivity contribution is 5.37. The molecule has 0 unspecified atom stereocenters. The van der Waals surface area contributed by atoms with E-state index in [1.165, 1.54) is 11.1 Å². The maximum atomic E-state index is 5.81. The first-order valence-corrected chi connectivity index (χ1v) is 7.72. The summed E-state index contributed by atoms with van der Waals surface area (Å²) >= 11 is 0. The Morgan fingerprint density at radius 3 is 2.25 bits per heavy atom. The van der Waals surface area contributed by atoms with Crippen LogP contribution in [0.15, 0.2) is 24.3 Å². The molecule has 109 valence electrons. The Balaban J connectivity index is 1.72. The SMILES string of the molecule is CC(C)(C)c1cccc([C]2CCC3(CC2)OCCO3)c1. The van der Waals surface area contributed by atoms with Crippen LogP contribution in [0.4, 0.5) is 0 Å². The first kappa shape index (κ1) is 14.1. The van der Waals surface area contributed by atoms with E-state index in [1.54, 1.807) is 5.92 Å². The second kappa shape index (κ2) is 5.16. The average molecular weight is 273 g/mol. The van der Waals surface area contributed by atoms with Gasteiger partial charge in [0, 0.05) is 18.8 Å². The fourth-order valence-electron chi connectivity index (χ4n) is 3.21. The first-order chi connectivity index (χ1) is 9.49. The summed E-state index contributed by atoms with van der Waals surface area (Å²) in [6.45, 7) is 8.33. The van der Waals surface area contributed by atoms with Crippen LogP contribution in [0.3, 0.4) is 0 Å². The minimum atomic E-state index is -0.259. The van der Waals surface area contributed by atoms with Crippen molar-refractivity contribution in [3.63, 3.8) is 0 Å². The summed E-state index contributed by atoms with van der Waals surface area (Å²) < 4.78 is 11.6. The molecule has 20 heavy (non-hydrogen) atoms. The molecule has 1 aliphatic carbocycles. The van der Waals surface area contributed by atoms with Gasteiger partial charge in [-0.15, -0.1) is 0 Å². The van der Waals surface area contributed by atoms with E-state index < -0.39 is 0 Å². The number of hydrogen-bond donors (Lipinski definition) is 0. The van der Waals surface area contributed by atoms with Gasteiger partial charge in [0.2, 0.25) is 0 Å². The smallest absolute Gasteiger partial charge is 0.168 e. The van der Waals surface area contributed by atoms with Crippen LogP contribution in [-0.2, 0) is 14.9 Å². The molecule has 0 N–H and O–H groups in total. The summed E-state index contributed by atoms with van der Waals surface area (Å²) in [5, 5.41) is 0. The van der Waals surface area contributed by atoms with E-state index in [2.05, 4.69) is 45.0 Å². The lowest BCUT2D eigenvalue weighted by Crippen LogP contribution is -2.34. The highest BCUT2D eigenvalue weighted by Gasteiger charge is 2.40. The maximum Gasteiger partial charge on any atom is 0.168 e. The molecule has 1 heterocycles. The molecule has 1 radical (unpaired) electrons. The third kappa shape index (κ3) is 2.77. The monoisotopic (exact) mass is 273 g/mol. The van der Waals surface area contributed by atoms with Crippen molar-refractivity contribution in [2.24, 2.45) is 0 Å². The van der Waals surface area contributed by atoms with E-state index >= 15 is 0 Å². The molecule has 0 aromatic heterocycles. The predicted octanol–water partition coefficient (Wildman–Crippen LogP) is 4.22. The summed E-state index contributed by atoms with van der Waals surface area (Å²) in [5.41, 5.74) is 3.03. The molecule has 0 atom stereocenters. The van der Waals surface area contributed by atoms with Gasteiger partial charge in [0.25, 0.3) is 0 Å². The summed E-state index contributed by atoms with van der Waals surface area (Å²) in [5.74, 6) is 1.30. The predicted molar refractivity (Wildman–Crippen MR) is 80.6 cm³/mol. The topological polar surface area (TPSA) is 18.5 Å². The van der Waals surface area contributed by atoms with Gasteiger partial charge in [0.15, 0.2) is 5.79 Å². The van der Waals surface area contributed by atoms with Crippen LogP contribution in [-0.4, -0.2) is 19.0 Å². The van der Waals surface area contributed by atoms with Crippen LogP contribution in [0, 0.1) is 5.92 Å². The van der Waals surface area contributed by atoms with E-state index in [4.69, 9.17) is 9.47 Å². The molecular formula is C18H25O2. The van der Waals surface area contributed by atoms with E-state index in [9.17, 15) is 0 Å². The molecule has 1 aliphatic heterocycles. The van der Waals surface area contributed by atoms with E-state index in [0.717, 1.165) is 38.9 Å². The molecule has 1 aromatic rings. The molecule has 2 nitrogen and oxygen atoms in total. The van der Waals surface area contributed by atoms with Crippen LogP contribution in [0.5, 0.6) is 0 Å². The van der Waals surface area contributed by atoms with Crippen LogP contribution in [0.25, 0.3) is 0 Å². The van der Waals surface area contributed by atoms with Gasteiger partial charge in [-0.1, -0.05) is 45.0 Å². The second-order valence-corrected chi connectivity index (χ2v) is 7.04. The third-order valence-corrected chi connectivity index (χ3v) is 4.57. The van der Waals surface area contributed by atoms with Crippen molar-refractivity contribution in [2.45, 2.75) is 57.7 Å². The maximum absolute atomic E-state index is 5.81. The summed E-state index contributed by atoms with van der Waals surface area (Å²) in [6, 6.07) is 9.04. The number of hydrogen-bond acceptors (Lipinski definition) is 2. The molecule has 3 rings (SSSR count). The van der Waals surface area contributed by atoms with Crippen molar-refractivity contribution in [1.82, 2.24) is 0 Å². The van der Waals surface area contributed by atoms with Crippen molar-refractivity contribution >= 4 is 0 Å². The molecular weight excluding hydrogens is 248 g/mol. The molecule has 2 heteroatoms. The lowest BCUT2D eigenvalue weighted by Gasteiger charge is -2.35. The molecule has 1 spiro atoms. The first-order valence-electron chi connectivity index (χ1n) is 7.72. The van der Waals surface area contributed by atoms with Gasteiger partial charge in [0.05, 0.1) is 13.2 Å². The number of ether oxygens (including phenoxy) is 2. The minimum Gasteiger partial charge on any atom is -0.348 e. The van der Waals surface area contributed by atoms with Crippen molar-refractivity contribution < 1.29 is 9.47 Å². The van der Waals surface area contributed by atoms with Crippen LogP contribution in [0.1, 0.15) is 57.6 Å². The van der Waals surface area contributed by atoms with Crippen LogP contribution in [0.2, 0.25) is 0 Å². The minimum absolute atomic E-state index is 0.212. The second-order valence-electron chi connectivity index (χ2n) is 7.04. The molecule has 0 bridgehead atoms. The molecule has 1 saturated heterocycles. The largest absolute Gasteiger partial charge is 0.348 e. The average Bonchev–Trinajstić information content (AvgIpc) is 2.87. The fraction of sp³-hybridized carbons (Fsp3) is 0.611. The Bertz CT molecular complexity index is 457. The Morgan fingerprint density at radius 2 is 1.65 bits per heavy atom. The lowest BCUT2D eigenvalue weighted by atomic mass is 9.78. The van der Waals surface area contributed by atoms with Gasteiger partial charge in [-0.3, -0.25) is 0 Å². The molecule has 2 aliphatic rings. The van der Waals surface area contributed by atoms with Crippen LogP contribution < -0.4 is 0 Å². The van der Waals surface area contributed by atoms with E-state index in [-0.39, 0.29) is 11.2 Å². The summed E-state index contributed by atoms with van der Waals surface area (Å²) in [6.07, 6.45) is 4.19. The van der Waals surface area contributed by atoms with Crippen molar-refractivity contribution in [3.8, 4) is 0 Å². The van der Waals surface area contributed by atoms with Gasteiger partial charge in [-0.2, -0.15) is 0 Å². The zero-order valence-electron chi connectivity index (χ0n) is 12.9. The highest BCUT2D eigenvalue weighted by Crippen LogP contribution is 2.42. The third-order valence-electron chi connectivity index (χ3n) is 4.57. The normalized spacial score (nSPS) is 23.4. The fourth-order valence-corrected chi connectivity index (χ4v) is 3.21. The molecule has 1 aromatic carbocycles. The summed E-state index contributed by atoms with van der Waals surface area (Å²) in [7, 11) is 0. The standard InChI is InChI=1S/C18H25O2/c1-17(2,3)16-6-4-5-15(13-16)14-7-9-18(10-8-14)19-11-12-20-18/h4-6,13H,7-12H2,1-3H3. The molecule has 1 saturated carbocycles. The van der Waals surface area contributed by atoms with Gasteiger partial charge in [-0.05, 0) is 29.4 Å². The van der Waals surface area contributed by atoms with E-state index in [1.807, 2.05) is 0 Å². The van der Waals surface area contributed by atoms with E-state index in [0.29, 0.717) is 0 Å². The molecule has 2 fully saturated rings. The highest BCUT2D eigenvalue weighted by atomic mass is 16.7. The van der Waals surface area contributed by atoms with Crippen molar-refractivity contribution in [1.29, 1.82) is 0 Å². The Hall–Kier alpha value is -0.860. The van der Waals surface area contributed by atoms with Gasteiger partial charge in [0.1, 0.15) is 0 Å². The Kier molecular flexibility index (Phi) is 3.64. The summed E-state index contributed by atoms with van der Waals surface area (Å²) in [4.78, 5) is 0. The van der Waals surface area contributed by atoms with Crippen molar-refractivity contribution in [2.75, 3.05) is 13.2 Å². The van der Waals surface area contributed by atoms with Gasteiger partial charge < -0.3 is 9.47 Å². The van der Waals surface area contributed by atoms with Gasteiger partial charge >= 0.3 is 0 Å². The van der Waals surface area contributed by atoms with Gasteiger partial charge in [-0.25, -0.2) is 0 Å². The number of benzene rings is 1. The zero-order valence-corrected chi connectivity index (χ0v) is 12.9. The van der Waals surface area contributed by atoms with Crippen LogP contribution >= 0.6 is 0 Å². The number of rotatable bonds is 1. The zero-order chi connectivity index (χ0) is 14.2. The lowest BCUT2D eigenvalue weighted by molar-refractivity contribution is -0.173. The molecule has 0 amide bonds. The Morgan fingerprint density at radius 1 is 1.00 bits per heavy atom. The quantitative estimate of drug-likeness (QED) is 0.762. The van der Waals surface area contributed by atoms with Crippen molar-refractivity contribution in [3.05, 3.63) is 41.3 Å². The Labute approximate surface area is 122 Å².